The lowest BCUT2D eigenvalue weighted by molar-refractivity contribution is -0.164. The lowest BCUT2D eigenvalue weighted by atomic mass is 9.49. The molecule has 0 radical (unpaired) electrons. The van der Waals surface area contributed by atoms with Gasteiger partial charge in [-0.2, -0.15) is 5.26 Å². The number of β-amino-alcohol motifs (C(OH)–C–C–N with tert-alkyl or cyclic N) is 1. The Balaban J connectivity index is 0.731. The summed E-state index contributed by atoms with van der Waals surface area (Å²) in [5.74, 6) is -0.615. The molecule has 9 rings (SSSR count). The van der Waals surface area contributed by atoms with Crippen LogP contribution in [0, 0.1) is 35.0 Å². The van der Waals surface area contributed by atoms with Crippen molar-refractivity contribution in [1.29, 1.82) is 5.26 Å². The van der Waals surface area contributed by atoms with Crippen molar-refractivity contribution in [2.45, 2.75) is 111 Å². The number of nitrogens with zero attached hydrogens (tertiary/aromatic N) is 6. The molecule has 4 aromatic carbocycles. The lowest BCUT2D eigenvalue weighted by Crippen LogP contribution is -2.74. The van der Waals surface area contributed by atoms with Gasteiger partial charge in [0.2, 0.25) is 11.8 Å². The Morgan fingerprint density at radius 3 is 2.30 bits per heavy atom. The quantitative estimate of drug-likeness (QED) is 0.0874. The molecular formula is C58H67ClN8O6S. The van der Waals surface area contributed by atoms with Crippen LogP contribution in [0.4, 0.5) is 5.69 Å². The van der Waals surface area contributed by atoms with Crippen LogP contribution in [-0.2, 0) is 29.1 Å². The van der Waals surface area contributed by atoms with Crippen LogP contribution in [0.15, 0.2) is 90.4 Å². The Morgan fingerprint density at radius 1 is 0.946 bits per heavy atom. The van der Waals surface area contributed by atoms with Gasteiger partial charge in [-0.3, -0.25) is 24.1 Å². The largest absolute Gasteiger partial charge is 0.489 e. The average Bonchev–Trinajstić information content (AvgIpc) is 4.12. The van der Waals surface area contributed by atoms with Gasteiger partial charge in [0.05, 0.1) is 32.8 Å². The summed E-state index contributed by atoms with van der Waals surface area (Å²) >= 11 is 7.86. The minimum absolute atomic E-state index is 0.0274. The van der Waals surface area contributed by atoms with E-state index >= 15 is 0 Å². The number of hydrogen-bond acceptors (Lipinski definition) is 11. The molecule has 4 amide bonds. The number of nitrogens with one attached hydrogen (secondary N) is 2. The summed E-state index contributed by atoms with van der Waals surface area (Å²) in [4.78, 5) is 69.3. The third-order valence-electron chi connectivity index (χ3n) is 15.8. The van der Waals surface area contributed by atoms with Crippen molar-refractivity contribution in [2.75, 3.05) is 44.2 Å². The number of fused-ring (bicyclic) bond motifs is 1. The fourth-order valence-electron chi connectivity index (χ4n) is 12.0. The van der Waals surface area contributed by atoms with Crippen molar-refractivity contribution in [3.05, 3.63) is 135 Å². The molecule has 388 valence electrons. The third kappa shape index (κ3) is 10.6. The number of rotatable bonds is 16. The first-order chi connectivity index (χ1) is 35.3. The Hall–Kier alpha value is -6.31. The summed E-state index contributed by atoms with van der Waals surface area (Å²) in [5.41, 5.74) is 8.69. The number of aryl methyl sites for hydroxylation is 2. The average molecular weight is 1040 g/mol. The highest BCUT2D eigenvalue weighted by Gasteiger charge is 2.64. The van der Waals surface area contributed by atoms with E-state index < -0.39 is 18.2 Å². The van der Waals surface area contributed by atoms with Crippen molar-refractivity contribution in [3.8, 4) is 22.3 Å². The Bertz CT molecular complexity index is 2930. The molecule has 4 heterocycles. The number of nitriles is 1. The van der Waals surface area contributed by atoms with Crippen LogP contribution >= 0.6 is 22.9 Å². The number of aliphatic hydroxyl groups is 1. The summed E-state index contributed by atoms with van der Waals surface area (Å²) in [6, 6.07) is 27.3. The molecule has 1 saturated carbocycles. The van der Waals surface area contributed by atoms with E-state index in [1.807, 2.05) is 86.9 Å². The molecule has 2 saturated heterocycles. The topological polar surface area (TPSA) is 171 Å². The van der Waals surface area contributed by atoms with Crippen LogP contribution in [0.25, 0.3) is 10.4 Å². The van der Waals surface area contributed by atoms with E-state index in [0.29, 0.717) is 34.0 Å². The number of halogens is 1. The number of thiazole rings is 1. The first-order valence-electron chi connectivity index (χ1n) is 25.8. The van der Waals surface area contributed by atoms with Gasteiger partial charge in [-0.15, -0.1) is 11.3 Å². The lowest BCUT2D eigenvalue weighted by Gasteiger charge is -2.63. The number of amides is 4. The van der Waals surface area contributed by atoms with Gasteiger partial charge in [0.15, 0.2) is 0 Å². The monoisotopic (exact) mass is 1040 g/mol. The van der Waals surface area contributed by atoms with Crippen molar-refractivity contribution < 1.29 is 29.0 Å². The van der Waals surface area contributed by atoms with Gasteiger partial charge in [-0.1, -0.05) is 95.6 Å². The molecule has 0 unspecified atom stereocenters. The fourth-order valence-corrected chi connectivity index (χ4v) is 13.0. The number of anilines is 1. The van der Waals surface area contributed by atoms with E-state index in [0.717, 1.165) is 78.5 Å². The van der Waals surface area contributed by atoms with Crippen LogP contribution in [0.3, 0.4) is 0 Å². The summed E-state index contributed by atoms with van der Waals surface area (Å²) < 4.78 is 6.40. The van der Waals surface area contributed by atoms with Crippen LogP contribution < -0.4 is 20.3 Å². The number of carbonyl (C=O) groups excluding carboxylic acids is 4. The molecule has 3 fully saturated rings. The molecule has 4 aliphatic rings. The van der Waals surface area contributed by atoms with Crippen LogP contribution in [0.5, 0.6) is 5.75 Å². The maximum atomic E-state index is 14.5. The van der Waals surface area contributed by atoms with E-state index in [-0.39, 0.29) is 72.0 Å². The number of hydrogen-bond donors (Lipinski definition) is 3. The van der Waals surface area contributed by atoms with Crippen LogP contribution in [0.2, 0.25) is 5.02 Å². The van der Waals surface area contributed by atoms with Crippen molar-refractivity contribution in [2.24, 2.45) is 16.7 Å². The Kier molecular flexibility index (Phi) is 15.3. The van der Waals surface area contributed by atoms with Gasteiger partial charge in [0, 0.05) is 92.0 Å². The predicted octanol–water partition coefficient (Wildman–Crippen LogP) is 8.27. The van der Waals surface area contributed by atoms with E-state index in [1.54, 1.807) is 34.4 Å². The van der Waals surface area contributed by atoms with Gasteiger partial charge in [-0.05, 0) is 90.9 Å². The SMILES string of the molecule is Cc1ncsc1-c1ccc(CNC(=O)[C@@H]2C[C@@H](O)CN2C(=O)[C@H](C(C)C)N2Cc3ccc(N4CCN(CCCc5ccc(C(=O)NC6C(C)(C)C(Oc7ccc(C#N)c(Cl)c7)C6(C)C)cc5)CC4)cc3C2=O)cc1. The van der Waals surface area contributed by atoms with Gasteiger partial charge in [0.1, 0.15) is 30.0 Å². The van der Waals surface area contributed by atoms with Crippen LogP contribution in [-0.4, -0.2) is 118 Å². The smallest absolute Gasteiger partial charge is 0.255 e. The molecule has 3 atom stereocenters. The highest BCUT2D eigenvalue weighted by Crippen LogP contribution is 2.55. The molecule has 14 nitrogen and oxygen atoms in total. The maximum absolute atomic E-state index is 14.5. The second-order valence-electron chi connectivity index (χ2n) is 22.0. The highest BCUT2D eigenvalue weighted by atomic mass is 35.5. The normalized spacial score (nSPS) is 21.5. The second-order valence-corrected chi connectivity index (χ2v) is 23.2. The summed E-state index contributed by atoms with van der Waals surface area (Å²) in [6.07, 6.45) is 0.964. The van der Waals surface area contributed by atoms with Gasteiger partial charge < -0.3 is 35.2 Å². The summed E-state index contributed by atoms with van der Waals surface area (Å²) in [7, 11) is 0. The van der Waals surface area contributed by atoms with Gasteiger partial charge in [-0.25, -0.2) is 4.98 Å². The second kappa shape index (κ2) is 21.5. The molecule has 5 aromatic rings. The number of ether oxygens (including phenoxy) is 1. The van der Waals surface area contributed by atoms with Crippen molar-refractivity contribution >= 4 is 52.3 Å². The zero-order valence-corrected chi connectivity index (χ0v) is 44.9. The number of aliphatic hydroxyl groups excluding tert-OH is 1. The molecule has 3 N–H and O–H groups in total. The third-order valence-corrected chi connectivity index (χ3v) is 17.1. The molecular weight excluding hydrogens is 972 g/mol. The van der Waals surface area contributed by atoms with Crippen molar-refractivity contribution in [1.82, 2.24) is 30.3 Å². The fraction of sp³-hybridized carbons (Fsp3) is 0.448. The molecule has 3 aliphatic heterocycles. The number of likely N-dealkylation sites (tertiary alicyclic amines) is 1. The van der Waals surface area contributed by atoms with E-state index in [2.05, 4.69) is 65.2 Å². The van der Waals surface area contributed by atoms with E-state index in [1.165, 1.54) is 10.5 Å². The molecule has 0 spiro atoms. The first kappa shape index (κ1) is 52.5. The van der Waals surface area contributed by atoms with E-state index in [4.69, 9.17) is 16.3 Å². The predicted molar refractivity (Wildman–Crippen MR) is 288 cm³/mol. The van der Waals surface area contributed by atoms with Crippen molar-refractivity contribution in [3.63, 3.8) is 0 Å². The molecule has 16 heteroatoms. The molecule has 0 bridgehead atoms. The van der Waals surface area contributed by atoms with Gasteiger partial charge >= 0.3 is 0 Å². The molecule has 74 heavy (non-hydrogen) atoms. The number of aromatic nitrogens is 1. The van der Waals surface area contributed by atoms with Gasteiger partial charge in [0.25, 0.3) is 11.8 Å². The standard InChI is InChI=1S/C58H67ClN8O6S/c1-35(2)49(54(72)66-33-44(68)28-48(66)52(70)61-31-38-12-14-39(15-13-38)50-36(3)62-34-74-50)67-32-42-18-20-43(27-46(42)53(67)71)65-25-23-64(24-26-65)22-8-9-37-10-16-40(17-11-37)51(69)63-55-57(4,5)56(58(55,6)7)73-45-21-19-41(30-60)47(59)29-45/h10-21,27,29,34-35,44,48-49,55-56,68H,8-9,22-26,28,31-33H2,1-7H3,(H,61,70)(H,63,69)/t44-,48+,49+,55?,56?/m1/s1. The Labute approximate surface area is 443 Å². The number of carbonyl (C=O) groups is 4. The zero-order valence-electron chi connectivity index (χ0n) is 43.4. The Morgan fingerprint density at radius 2 is 1.65 bits per heavy atom. The summed E-state index contributed by atoms with van der Waals surface area (Å²) in [5, 5.41) is 26.6. The summed E-state index contributed by atoms with van der Waals surface area (Å²) in [6.45, 7) is 19.1. The zero-order chi connectivity index (χ0) is 52.6. The number of piperazine rings is 1. The maximum Gasteiger partial charge on any atom is 0.255 e. The number of benzene rings is 4. The molecule has 1 aliphatic carbocycles. The minimum atomic E-state index is -0.852. The van der Waals surface area contributed by atoms with Crippen LogP contribution in [0.1, 0.15) is 103 Å². The molecule has 1 aromatic heterocycles. The van der Waals surface area contributed by atoms with E-state index in [9.17, 15) is 29.5 Å². The minimum Gasteiger partial charge on any atom is -0.489 e. The highest BCUT2D eigenvalue weighted by molar-refractivity contribution is 7.13. The first-order valence-corrected chi connectivity index (χ1v) is 27.0.